The Bertz CT molecular complexity index is 1120. The van der Waals surface area contributed by atoms with E-state index in [0.717, 1.165) is 24.8 Å². The van der Waals surface area contributed by atoms with Gasteiger partial charge in [0.2, 0.25) is 5.78 Å². The van der Waals surface area contributed by atoms with E-state index in [9.17, 15) is 24.0 Å². The third-order valence-electron chi connectivity index (χ3n) is 10.1. The minimum absolute atomic E-state index is 0.0141. The van der Waals surface area contributed by atoms with Crippen LogP contribution in [-0.4, -0.2) is 55.1 Å². The van der Waals surface area contributed by atoms with Crippen LogP contribution in [0.5, 0.6) is 0 Å². The lowest BCUT2D eigenvalue weighted by Crippen LogP contribution is -2.62. The fourth-order valence-electron chi connectivity index (χ4n) is 7.96. The van der Waals surface area contributed by atoms with E-state index in [0.29, 0.717) is 32.1 Å². The van der Waals surface area contributed by atoms with Crippen LogP contribution in [0.15, 0.2) is 23.8 Å². The Balaban J connectivity index is 1.60. The second-order valence-corrected chi connectivity index (χ2v) is 12.5. The van der Waals surface area contributed by atoms with Crippen molar-refractivity contribution in [3.8, 4) is 0 Å². The molecular weight excluding hydrogens is 528 g/mol. The Morgan fingerprint density at radius 2 is 1.63 bits per heavy atom. The number of hydrogen-bond acceptors (Lipinski definition) is 9. The fourth-order valence-corrected chi connectivity index (χ4v) is 7.96. The molecule has 6 atom stereocenters. The average molecular weight is 573 g/mol. The third-order valence-corrected chi connectivity index (χ3v) is 10.1. The molecule has 0 unspecified atom stereocenters. The molecule has 0 bridgehead atoms. The van der Waals surface area contributed by atoms with Gasteiger partial charge in [0.25, 0.3) is 0 Å². The van der Waals surface area contributed by atoms with Gasteiger partial charge in [-0.25, -0.2) is 9.59 Å². The van der Waals surface area contributed by atoms with Crippen molar-refractivity contribution in [2.24, 2.45) is 28.6 Å². The van der Waals surface area contributed by atoms with E-state index in [2.05, 4.69) is 0 Å². The Kier molecular flexibility index (Phi) is 9.44. The topological polar surface area (TPSA) is 122 Å². The minimum atomic E-state index is -1.68. The fraction of sp³-hybridized carbons (Fsp3) is 0.719. The molecular formula is C32H44O9. The molecule has 0 aliphatic heterocycles. The Labute approximate surface area is 242 Å². The number of unbranched alkanes of at least 4 members (excludes halogenated alkanes) is 3. The highest BCUT2D eigenvalue weighted by Crippen LogP contribution is 2.67. The van der Waals surface area contributed by atoms with Crippen molar-refractivity contribution >= 4 is 29.7 Å². The normalized spacial score (nSPS) is 33.7. The van der Waals surface area contributed by atoms with Gasteiger partial charge in [0, 0.05) is 23.2 Å². The first-order valence-corrected chi connectivity index (χ1v) is 15.2. The second-order valence-electron chi connectivity index (χ2n) is 12.5. The van der Waals surface area contributed by atoms with Crippen LogP contribution < -0.4 is 0 Å². The summed E-state index contributed by atoms with van der Waals surface area (Å²) in [6.45, 7) is 7.60. The number of hydrogen-bond donors (Lipinski definition) is 0. The van der Waals surface area contributed by atoms with E-state index in [1.807, 2.05) is 33.8 Å². The lowest BCUT2D eigenvalue weighted by Gasteiger charge is -2.57. The molecule has 0 aromatic rings. The van der Waals surface area contributed by atoms with Gasteiger partial charge in [-0.3, -0.25) is 14.4 Å². The van der Waals surface area contributed by atoms with Crippen molar-refractivity contribution in [2.75, 3.05) is 19.8 Å². The molecule has 4 aliphatic carbocycles. The van der Waals surface area contributed by atoms with Crippen molar-refractivity contribution in [1.29, 1.82) is 0 Å². The molecule has 0 heterocycles. The van der Waals surface area contributed by atoms with Gasteiger partial charge in [-0.2, -0.15) is 0 Å². The summed E-state index contributed by atoms with van der Waals surface area (Å²) in [5.74, 6) is -1.13. The van der Waals surface area contributed by atoms with Crippen LogP contribution in [0, 0.1) is 28.6 Å². The van der Waals surface area contributed by atoms with E-state index in [1.54, 1.807) is 12.2 Å². The zero-order valence-electron chi connectivity index (χ0n) is 24.8. The number of ketones is 3. The van der Waals surface area contributed by atoms with E-state index in [4.69, 9.17) is 18.9 Å². The molecule has 0 amide bonds. The van der Waals surface area contributed by atoms with Gasteiger partial charge in [0.05, 0.1) is 13.2 Å². The number of carbonyl (C=O) groups is 5. The maximum Gasteiger partial charge on any atom is 0.509 e. The lowest BCUT2D eigenvalue weighted by molar-refractivity contribution is -0.173. The van der Waals surface area contributed by atoms with Crippen molar-refractivity contribution < 1.29 is 42.9 Å². The first kappa shape index (κ1) is 31.0. The number of allylic oxidation sites excluding steroid dienone is 4. The smallest absolute Gasteiger partial charge is 0.434 e. The highest BCUT2D eigenvalue weighted by molar-refractivity contribution is 6.02. The average Bonchev–Trinajstić information content (AvgIpc) is 3.22. The zero-order chi connectivity index (χ0) is 29.8. The van der Waals surface area contributed by atoms with E-state index in [1.165, 1.54) is 0 Å². The van der Waals surface area contributed by atoms with Crippen LogP contribution in [0.2, 0.25) is 0 Å². The molecule has 41 heavy (non-hydrogen) atoms. The van der Waals surface area contributed by atoms with Gasteiger partial charge < -0.3 is 18.9 Å². The summed E-state index contributed by atoms with van der Waals surface area (Å²) in [7, 11) is 0. The molecule has 3 fully saturated rings. The molecule has 0 saturated heterocycles. The summed E-state index contributed by atoms with van der Waals surface area (Å²) in [5.41, 5.74) is -2.27. The minimum Gasteiger partial charge on any atom is -0.434 e. The van der Waals surface area contributed by atoms with Gasteiger partial charge in [-0.15, -0.1) is 0 Å². The van der Waals surface area contributed by atoms with Crippen molar-refractivity contribution in [3.05, 3.63) is 23.8 Å². The quantitative estimate of drug-likeness (QED) is 0.214. The molecule has 0 aromatic carbocycles. The third kappa shape index (κ3) is 5.73. The summed E-state index contributed by atoms with van der Waals surface area (Å²) < 4.78 is 21.5. The zero-order valence-corrected chi connectivity index (χ0v) is 24.8. The van der Waals surface area contributed by atoms with Crippen molar-refractivity contribution in [2.45, 2.75) is 97.5 Å². The Morgan fingerprint density at radius 1 is 0.927 bits per heavy atom. The van der Waals surface area contributed by atoms with E-state index >= 15 is 0 Å². The Hall–Kier alpha value is -2.97. The SMILES string of the molecule is CCCCCOC(=O)O[C@]1(C(=O)COC(=O)OCCCC)CC[C@H]2[C@@H]3CCC4=CC(=O)C=C[C@]4(C)[C@H]3C(=O)C[C@@]21C. The molecule has 0 N–H and O–H groups in total. The molecule has 0 spiro atoms. The summed E-state index contributed by atoms with van der Waals surface area (Å²) in [5, 5.41) is 0. The van der Waals surface area contributed by atoms with Crippen molar-refractivity contribution in [1.82, 2.24) is 0 Å². The first-order valence-electron chi connectivity index (χ1n) is 15.2. The van der Waals surface area contributed by atoms with E-state index < -0.39 is 41.1 Å². The van der Waals surface area contributed by atoms with Crippen LogP contribution in [0.4, 0.5) is 9.59 Å². The van der Waals surface area contributed by atoms with Crippen LogP contribution >= 0.6 is 0 Å². The highest BCUT2D eigenvalue weighted by atomic mass is 16.7. The van der Waals surface area contributed by atoms with Gasteiger partial charge in [0.15, 0.2) is 18.0 Å². The molecule has 226 valence electrons. The standard InChI is InChI=1S/C32H44O9/c1-5-7-9-17-39-29(37)41-32(26(35)20-40-28(36)38-16-8-6-2)15-13-24-23-11-10-21-18-22(33)12-14-30(21,3)27(23)25(34)19-31(24,32)4/h12,14,18,23-24,27H,5-11,13,15-17,19-20H2,1-4H3/t23-,24-,27+,30-,31-,32-/m0/s1. The molecule has 4 rings (SSSR count). The predicted molar refractivity (Wildman–Crippen MR) is 149 cm³/mol. The summed E-state index contributed by atoms with van der Waals surface area (Å²) in [6, 6.07) is 0. The molecule has 0 radical (unpaired) electrons. The second kappa shape index (κ2) is 12.5. The largest absolute Gasteiger partial charge is 0.509 e. The number of rotatable bonds is 11. The maximum atomic E-state index is 14.0. The van der Waals surface area contributed by atoms with Gasteiger partial charge in [-0.05, 0) is 62.5 Å². The summed E-state index contributed by atoms with van der Waals surface area (Å²) >= 11 is 0. The number of fused-ring (bicyclic) bond motifs is 5. The monoisotopic (exact) mass is 572 g/mol. The number of Topliss-reactive ketones (excluding diaryl/α,β-unsaturated/α-hetero) is 2. The van der Waals surface area contributed by atoms with Crippen LogP contribution in [0.3, 0.4) is 0 Å². The van der Waals surface area contributed by atoms with Gasteiger partial charge in [-0.1, -0.05) is 58.6 Å². The first-order chi connectivity index (χ1) is 19.5. The maximum absolute atomic E-state index is 14.0. The summed E-state index contributed by atoms with van der Waals surface area (Å²) in [4.78, 5) is 65.2. The lowest BCUT2D eigenvalue weighted by atomic mass is 9.46. The highest BCUT2D eigenvalue weighted by Gasteiger charge is 2.70. The van der Waals surface area contributed by atoms with Crippen LogP contribution in [0.25, 0.3) is 0 Å². The van der Waals surface area contributed by atoms with Gasteiger partial charge >= 0.3 is 12.3 Å². The Morgan fingerprint density at radius 3 is 2.37 bits per heavy atom. The number of ether oxygens (including phenoxy) is 4. The van der Waals surface area contributed by atoms with Crippen LogP contribution in [-0.2, 0) is 33.3 Å². The van der Waals surface area contributed by atoms with E-state index in [-0.39, 0.29) is 55.4 Å². The summed E-state index contributed by atoms with van der Waals surface area (Å²) in [6.07, 6.45) is 9.37. The molecule has 4 aliphatic rings. The van der Waals surface area contributed by atoms with Crippen molar-refractivity contribution in [3.63, 3.8) is 0 Å². The molecule has 9 heteroatoms. The van der Waals surface area contributed by atoms with Crippen LogP contribution in [0.1, 0.15) is 91.9 Å². The number of carbonyl (C=O) groups excluding carboxylic acids is 5. The molecule has 9 nitrogen and oxygen atoms in total. The molecule has 3 saturated carbocycles. The van der Waals surface area contributed by atoms with Gasteiger partial charge in [0.1, 0.15) is 5.78 Å². The molecule has 0 aromatic heterocycles. The predicted octanol–water partition coefficient (Wildman–Crippen LogP) is 6.08.